The third kappa shape index (κ3) is 4.95. The van der Waals surface area contributed by atoms with E-state index in [1.54, 1.807) is 12.1 Å². The number of methoxy groups -OCH3 is 1. The normalized spacial score (nSPS) is 12.0. The Labute approximate surface area is 172 Å². The van der Waals surface area contributed by atoms with E-state index in [2.05, 4.69) is 14.2 Å². The number of hydrogen-bond donors (Lipinski definition) is 1. The molecule has 29 heavy (non-hydrogen) atoms. The van der Waals surface area contributed by atoms with Crippen LogP contribution in [0.3, 0.4) is 0 Å². The van der Waals surface area contributed by atoms with Crippen LogP contribution in [0.2, 0.25) is 0 Å². The molecule has 0 bridgehead atoms. The molecule has 8 heteroatoms. The molecular formula is C21H28N4O3S. The molecule has 0 radical (unpaired) electrons. The van der Waals surface area contributed by atoms with Crippen molar-refractivity contribution in [2.24, 2.45) is 0 Å². The Hall–Kier alpha value is -2.42. The lowest BCUT2D eigenvalue weighted by molar-refractivity contribution is 0.383. The lowest BCUT2D eigenvalue weighted by Gasteiger charge is -2.14. The standard InChI is InChI=1S/C21H28N4O3S/c1-16-9-10-19(28-4)20(15-16)29(26,27)22-12-11-21-23-17-7-5-6-8-18(17)25(21)14-13-24(2)3/h5-10,15,22H,11-14H2,1-4H3. The highest BCUT2D eigenvalue weighted by molar-refractivity contribution is 7.89. The number of aryl methyl sites for hydroxylation is 1. The van der Waals surface area contributed by atoms with Gasteiger partial charge < -0.3 is 14.2 Å². The van der Waals surface area contributed by atoms with Gasteiger partial charge in [-0.1, -0.05) is 18.2 Å². The van der Waals surface area contributed by atoms with Gasteiger partial charge in [-0.25, -0.2) is 18.1 Å². The molecule has 0 aliphatic carbocycles. The van der Waals surface area contributed by atoms with Crippen molar-refractivity contribution in [3.8, 4) is 5.75 Å². The Kier molecular flexibility index (Phi) is 6.56. The molecule has 0 saturated carbocycles. The average molecular weight is 417 g/mol. The highest BCUT2D eigenvalue weighted by atomic mass is 32.2. The monoisotopic (exact) mass is 416 g/mol. The Bertz CT molecular complexity index is 1090. The van der Waals surface area contributed by atoms with E-state index in [9.17, 15) is 8.42 Å². The van der Waals surface area contributed by atoms with Crippen LogP contribution in [0.1, 0.15) is 11.4 Å². The molecule has 0 aliphatic rings. The van der Waals surface area contributed by atoms with E-state index in [4.69, 9.17) is 9.72 Å². The maximum atomic E-state index is 12.8. The van der Waals surface area contributed by atoms with Gasteiger partial charge in [-0.3, -0.25) is 0 Å². The van der Waals surface area contributed by atoms with Crippen molar-refractivity contribution in [3.05, 3.63) is 53.9 Å². The number of likely N-dealkylation sites (N-methyl/N-ethyl adjacent to an activating group) is 1. The van der Waals surface area contributed by atoms with Crippen molar-refractivity contribution in [1.82, 2.24) is 19.2 Å². The zero-order valence-corrected chi connectivity index (χ0v) is 18.2. The second kappa shape index (κ2) is 8.94. The number of rotatable bonds is 9. The van der Waals surface area contributed by atoms with Crippen LogP contribution in [0, 0.1) is 6.92 Å². The van der Waals surface area contributed by atoms with E-state index < -0.39 is 10.0 Å². The number of aromatic nitrogens is 2. The fraction of sp³-hybridized carbons (Fsp3) is 0.381. The van der Waals surface area contributed by atoms with Crippen molar-refractivity contribution in [3.63, 3.8) is 0 Å². The number of fused-ring (bicyclic) bond motifs is 1. The van der Waals surface area contributed by atoms with Crippen LogP contribution >= 0.6 is 0 Å². The minimum atomic E-state index is -3.68. The third-order valence-electron chi connectivity index (χ3n) is 4.75. The molecule has 1 heterocycles. The molecule has 0 spiro atoms. The van der Waals surface area contributed by atoms with Crippen LogP contribution in [-0.2, 0) is 23.0 Å². The molecule has 156 valence electrons. The van der Waals surface area contributed by atoms with Crippen molar-refractivity contribution < 1.29 is 13.2 Å². The van der Waals surface area contributed by atoms with Gasteiger partial charge in [0, 0.05) is 26.1 Å². The van der Waals surface area contributed by atoms with E-state index >= 15 is 0 Å². The molecule has 1 N–H and O–H groups in total. The molecule has 0 atom stereocenters. The van der Waals surface area contributed by atoms with Crippen LogP contribution < -0.4 is 9.46 Å². The molecular weight excluding hydrogens is 388 g/mol. The zero-order valence-electron chi connectivity index (χ0n) is 17.3. The predicted octanol–water partition coefficient (Wildman–Crippen LogP) is 2.44. The Morgan fingerprint density at radius 3 is 2.66 bits per heavy atom. The van der Waals surface area contributed by atoms with E-state index in [-0.39, 0.29) is 11.4 Å². The molecule has 0 saturated heterocycles. The van der Waals surface area contributed by atoms with Gasteiger partial charge in [-0.15, -0.1) is 0 Å². The van der Waals surface area contributed by atoms with E-state index in [0.29, 0.717) is 12.2 Å². The number of sulfonamides is 1. The Balaban J connectivity index is 1.79. The number of para-hydroxylation sites is 2. The minimum Gasteiger partial charge on any atom is -0.495 e. The van der Waals surface area contributed by atoms with Crippen molar-refractivity contribution >= 4 is 21.1 Å². The highest BCUT2D eigenvalue weighted by Crippen LogP contribution is 2.24. The number of nitrogens with zero attached hydrogens (tertiary/aromatic N) is 3. The summed E-state index contributed by atoms with van der Waals surface area (Å²) in [6, 6.07) is 13.1. The minimum absolute atomic E-state index is 0.154. The average Bonchev–Trinajstić information content (AvgIpc) is 3.03. The van der Waals surface area contributed by atoms with Gasteiger partial charge in [0.2, 0.25) is 10.0 Å². The molecule has 0 amide bonds. The first-order valence-corrected chi connectivity index (χ1v) is 11.0. The summed E-state index contributed by atoms with van der Waals surface area (Å²) in [5.41, 5.74) is 2.84. The molecule has 3 rings (SSSR count). The summed E-state index contributed by atoms with van der Waals surface area (Å²) in [5.74, 6) is 1.20. The van der Waals surface area contributed by atoms with Crippen LogP contribution in [0.15, 0.2) is 47.4 Å². The summed E-state index contributed by atoms with van der Waals surface area (Å²) in [5, 5.41) is 0. The van der Waals surface area contributed by atoms with Crippen LogP contribution in [0.5, 0.6) is 5.75 Å². The summed E-state index contributed by atoms with van der Waals surface area (Å²) < 4.78 is 35.7. The van der Waals surface area contributed by atoms with Crippen LogP contribution in [-0.4, -0.2) is 57.2 Å². The summed E-state index contributed by atoms with van der Waals surface area (Å²) >= 11 is 0. The van der Waals surface area contributed by atoms with E-state index in [1.165, 1.54) is 7.11 Å². The maximum Gasteiger partial charge on any atom is 0.244 e. The molecule has 0 aliphatic heterocycles. The summed E-state index contributed by atoms with van der Waals surface area (Å²) in [6.07, 6.45) is 0.496. The van der Waals surface area contributed by atoms with Gasteiger partial charge >= 0.3 is 0 Å². The first-order chi connectivity index (χ1) is 13.8. The molecule has 3 aromatic rings. The predicted molar refractivity (Wildman–Crippen MR) is 115 cm³/mol. The number of benzene rings is 2. The summed E-state index contributed by atoms with van der Waals surface area (Å²) in [7, 11) is 1.84. The van der Waals surface area contributed by atoms with E-state index in [0.717, 1.165) is 35.5 Å². The number of ether oxygens (including phenoxy) is 1. The van der Waals surface area contributed by atoms with Crippen LogP contribution in [0.4, 0.5) is 0 Å². The topological polar surface area (TPSA) is 76.5 Å². The van der Waals surface area contributed by atoms with Gasteiger partial charge in [0.05, 0.1) is 18.1 Å². The third-order valence-corrected chi connectivity index (χ3v) is 6.24. The van der Waals surface area contributed by atoms with Crippen molar-refractivity contribution in [1.29, 1.82) is 0 Å². The molecule has 0 unspecified atom stereocenters. The molecule has 7 nitrogen and oxygen atoms in total. The van der Waals surface area contributed by atoms with Crippen molar-refractivity contribution in [2.75, 3.05) is 34.3 Å². The highest BCUT2D eigenvalue weighted by Gasteiger charge is 2.20. The van der Waals surface area contributed by atoms with Gasteiger partial charge in [0.25, 0.3) is 0 Å². The van der Waals surface area contributed by atoms with Gasteiger partial charge in [0.15, 0.2) is 0 Å². The Morgan fingerprint density at radius 1 is 1.17 bits per heavy atom. The number of imidazole rings is 1. The lowest BCUT2D eigenvalue weighted by atomic mass is 10.2. The summed E-state index contributed by atoms with van der Waals surface area (Å²) in [6.45, 7) is 3.77. The maximum absolute atomic E-state index is 12.8. The van der Waals surface area contributed by atoms with Crippen molar-refractivity contribution in [2.45, 2.75) is 24.8 Å². The van der Waals surface area contributed by atoms with Gasteiger partial charge in [-0.05, 0) is 50.8 Å². The first-order valence-electron chi connectivity index (χ1n) is 9.55. The smallest absolute Gasteiger partial charge is 0.244 e. The SMILES string of the molecule is COc1ccc(C)cc1S(=O)(=O)NCCc1nc2ccccc2n1CCN(C)C. The molecule has 2 aromatic carbocycles. The fourth-order valence-electron chi connectivity index (χ4n) is 3.23. The largest absolute Gasteiger partial charge is 0.495 e. The van der Waals surface area contributed by atoms with E-state index in [1.807, 2.05) is 51.4 Å². The second-order valence-corrected chi connectivity index (χ2v) is 9.01. The second-order valence-electron chi connectivity index (χ2n) is 7.27. The fourth-order valence-corrected chi connectivity index (χ4v) is 4.52. The van der Waals surface area contributed by atoms with Crippen LogP contribution in [0.25, 0.3) is 11.0 Å². The molecule has 1 aromatic heterocycles. The number of hydrogen-bond acceptors (Lipinski definition) is 5. The first kappa shape index (κ1) is 21.3. The lowest BCUT2D eigenvalue weighted by Crippen LogP contribution is -2.27. The Morgan fingerprint density at radius 2 is 1.93 bits per heavy atom. The molecule has 0 fully saturated rings. The zero-order chi connectivity index (χ0) is 21.0. The summed E-state index contributed by atoms with van der Waals surface area (Å²) in [4.78, 5) is 6.99. The number of nitrogens with one attached hydrogen (secondary N) is 1. The quantitative estimate of drug-likeness (QED) is 0.580. The van der Waals surface area contributed by atoms with Gasteiger partial charge in [0.1, 0.15) is 16.5 Å². The van der Waals surface area contributed by atoms with Gasteiger partial charge in [-0.2, -0.15) is 0 Å².